The van der Waals surface area contributed by atoms with Crippen LogP contribution in [0.15, 0.2) is 36.9 Å². The molecule has 1 aromatic rings. The molecule has 0 saturated heterocycles. The van der Waals surface area contributed by atoms with E-state index >= 15 is 0 Å². The second-order valence-electron chi connectivity index (χ2n) is 13.0. The zero-order valence-electron chi connectivity index (χ0n) is 25.7. The molecule has 1 aromatic carbocycles. The van der Waals surface area contributed by atoms with E-state index in [-0.39, 0.29) is 35.7 Å². The van der Waals surface area contributed by atoms with Gasteiger partial charge in [0.25, 0.3) is 0 Å². The number of ketones is 1. The lowest BCUT2D eigenvalue weighted by Crippen LogP contribution is -2.50. The molecule has 1 rings (SSSR count). The van der Waals surface area contributed by atoms with Crippen LogP contribution in [0, 0.1) is 17.8 Å². The van der Waals surface area contributed by atoms with Crippen molar-refractivity contribution in [1.82, 2.24) is 0 Å². The molecule has 7 heteroatoms. The van der Waals surface area contributed by atoms with Crippen LogP contribution in [-0.2, 0) is 30.1 Å². The Kier molecular flexibility index (Phi) is 12.9. The maximum atomic E-state index is 13.7. The molecular weight excluding hydrogens is 496 g/mol. The molecule has 0 aliphatic heterocycles. The van der Waals surface area contributed by atoms with Crippen molar-refractivity contribution < 1.29 is 28.2 Å². The molecular formula is C31H52O6Si. The Morgan fingerprint density at radius 3 is 2.08 bits per heavy atom. The summed E-state index contributed by atoms with van der Waals surface area (Å²) >= 11 is 0. The third kappa shape index (κ3) is 11.4. The van der Waals surface area contributed by atoms with E-state index in [1.807, 2.05) is 30.3 Å². The van der Waals surface area contributed by atoms with Gasteiger partial charge in [0.1, 0.15) is 17.8 Å². The summed E-state index contributed by atoms with van der Waals surface area (Å²) in [7, 11) is -0.628. The fraction of sp³-hybridized carbons (Fsp3) is 0.677. The van der Waals surface area contributed by atoms with Crippen molar-refractivity contribution in [3.05, 3.63) is 42.5 Å². The maximum absolute atomic E-state index is 13.7. The van der Waals surface area contributed by atoms with Crippen molar-refractivity contribution in [2.45, 2.75) is 105 Å². The molecule has 0 amide bonds. The van der Waals surface area contributed by atoms with Gasteiger partial charge in [0.05, 0.1) is 32.3 Å². The van der Waals surface area contributed by atoms with Gasteiger partial charge in [-0.3, -0.25) is 9.59 Å². The summed E-state index contributed by atoms with van der Waals surface area (Å²) in [5, 5.41) is -0.0439. The van der Waals surface area contributed by atoms with Crippen LogP contribution in [-0.4, -0.2) is 45.5 Å². The molecule has 0 aromatic heterocycles. The van der Waals surface area contributed by atoms with E-state index in [0.717, 1.165) is 17.7 Å². The van der Waals surface area contributed by atoms with Crippen LogP contribution < -0.4 is 4.74 Å². The second-order valence-corrected chi connectivity index (χ2v) is 17.7. The van der Waals surface area contributed by atoms with Crippen molar-refractivity contribution in [2.75, 3.05) is 13.7 Å². The SMILES string of the molecule is C=C[C@@H](C)C[C@@H](C)[C@@H](O[Si](C)(C)C(C)(C)C)[C@H](COCc1ccc(OC)cc1)C(=O)CC(=O)OC(C)(C)C. The van der Waals surface area contributed by atoms with Gasteiger partial charge >= 0.3 is 5.97 Å². The average Bonchev–Trinajstić information content (AvgIpc) is 2.78. The van der Waals surface area contributed by atoms with Crippen molar-refractivity contribution >= 4 is 20.1 Å². The number of benzene rings is 1. The number of ether oxygens (including phenoxy) is 3. The highest BCUT2D eigenvalue weighted by molar-refractivity contribution is 6.74. The summed E-state index contributed by atoms with van der Waals surface area (Å²) in [6, 6.07) is 7.64. The molecule has 0 spiro atoms. The minimum Gasteiger partial charge on any atom is -0.497 e. The van der Waals surface area contributed by atoms with Crippen molar-refractivity contribution in [1.29, 1.82) is 0 Å². The predicted octanol–water partition coefficient (Wildman–Crippen LogP) is 7.37. The Morgan fingerprint density at radius 1 is 1.03 bits per heavy atom. The molecule has 0 unspecified atom stereocenters. The van der Waals surface area contributed by atoms with Gasteiger partial charge in [-0.2, -0.15) is 0 Å². The minimum atomic E-state index is -2.26. The first kappa shape index (κ1) is 34.1. The number of rotatable bonds is 15. The van der Waals surface area contributed by atoms with Crippen molar-refractivity contribution in [2.24, 2.45) is 17.8 Å². The molecule has 0 radical (unpaired) electrons. The minimum absolute atomic E-state index is 0.0439. The number of methoxy groups -OCH3 is 1. The molecule has 0 heterocycles. The molecule has 0 aliphatic carbocycles. The number of hydrogen-bond donors (Lipinski definition) is 0. The number of carbonyl (C=O) groups excluding carboxylic acids is 2. The molecule has 216 valence electrons. The summed E-state index contributed by atoms with van der Waals surface area (Å²) in [5.74, 6) is -0.266. The molecule has 6 nitrogen and oxygen atoms in total. The lowest BCUT2D eigenvalue weighted by atomic mass is 9.83. The lowest BCUT2D eigenvalue weighted by molar-refractivity contribution is -0.157. The van der Waals surface area contributed by atoms with E-state index in [4.69, 9.17) is 18.6 Å². The molecule has 0 bridgehead atoms. The Morgan fingerprint density at radius 2 is 1.61 bits per heavy atom. The van der Waals surface area contributed by atoms with E-state index in [1.54, 1.807) is 27.9 Å². The van der Waals surface area contributed by atoms with Gasteiger partial charge in [-0.1, -0.05) is 52.8 Å². The van der Waals surface area contributed by atoms with Gasteiger partial charge < -0.3 is 18.6 Å². The number of Topliss-reactive ketones (excluding diaryl/α,β-unsaturated/α-hetero) is 1. The van der Waals surface area contributed by atoms with Crippen molar-refractivity contribution in [3.8, 4) is 5.75 Å². The van der Waals surface area contributed by atoms with E-state index < -0.39 is 31.9 Å². The number of carbonyl (C=O) groups is 2. The molecule has 38 heavy (non-hydrogen) atoms. The number of allylic oxidation sites excluding steroid dienone is 1. The summed E-state index contributed by atoms with van der Waals surface area (Å²) in [4.78, 5) is 26.4. The second kappa shape index (κ2) is 14.4. The first-order valence-corrected chi connectivity index (χ1v) is 16.6. The molecule has 0 saturated carbocycles. The monoisotopic (exact) mass is 548 g/mol. The normalized spacial score (nSPS) is 15.8. The van der Waals surface area contributed by atoms with Crippen LogP contribution in [0.4, 0.5) is 0 Å². The highest BCUT2D eigenvalue weighted by atomic mass is 28.4. The first-order chi connectivity index (χ1) is 17.4. The largest absolute Gasteiger partial charge is 0.497 e. The standard InChI is InChI=1S/C31H52O6Si/c1-13-22(2)18-23(3)29(37-38(11,12)31(7,8)9)26(27(32)19-28(33)36-30(4,5)6)21-35-20-24-14-16-25(34-10)17-15-24/h13-17,22-23,26,29H,1,18-21H2,2-12H3/t22-,23-,26-,29-/m1/s1. The fourth-order valence-corrected chi connectivity index (χ4v) is 5.41. The zero-order valence-corrected chi connectivity index (χ0v) is 26.7. The third-order valence-corrected chi connectivity index (χ3v) is 11.7. The summed E-state index contributed by atoms with van der Waals surface area (Å²) in [5.41, 5.74) is 0.306. The topological polar surface area (TPSA) is 71.1 Å². The molecule has 0 aliphatic rings. The third-order valence-electron chi connectivity index (χ3n) is 7.22. The van der Waals surface area contributed by atoms with Crippen LogP contribution in [0.25, 0.3) is 0 Å². The summed E-state index contributed by atoms with van der Waals surface area (Å²) in [6.45, 7) is 25.0. The van der Waals surface area contributed by atoms with Gasteiger partial charge in [0.2, 0.25) is 0 Å². The van der Waals surface area contributed by atoms with Gasteiger partial charge in [-0.25, -0.2) is 0 Å². The van der Waals surface area contributed by atoms with Crippen LogP contribution in [0.2, 0.25) is 18.1 Å². The number of hydrogen-bond acceptors (Lipinski definition) is 6. The quantitative estimate of drug-likeness (QED) is 0.0986. The van der Waals surface area contributed by atoms with Crippen LogP contribution in [0.1, 0.15) is 73.8 Å². The number of esters is 1. The molecule has 0 fully saturated rings. The smallest absolute Gasteiger partial charge is 0.313 e. The van der Waals surface area contributed by atoms with Crippen LogP contribution >= 0.6 is 0 Å². The highest BCUT2D eigenvalue weighted by Crippen LogP contribution is 2.40. The van der Waals surface area contributed by atoms with E-state index in [9.17, 15) is 9.59 Å². The van der Waals surface area contributed by atoms with Gasteiger partial charge in [-0.05, 0) is 74.9 Å². The average molecular weight is 549 g/mol. The van der Waals surface area contributed by atoms with E-state index in [1.165, 1.54) is 0 Å². The van der Waals surface area contributed by atoms with E-state index in [2.05, 4.69) is 54.3 Å². The Bertz CT molecular complexity index is 894. The Hall–Kier alpha value is -1.96. The highest BCUT2D eigenvalue weighted by Gasteiger charge is 2.44. The van der Waals surface area contributed by atoms with Crippen molar-refractivity contribution in [3.63, 3.8) is 0 Å². The van der Waals surface area contributed by atoms with Gasteiger partial charge in [0.15, 0.2) is 14.1 Å². The zero-order chi connectivity index (χ0) is 29.3. The Labute approximate surface area is 232 Å². The van der Waals surface area contributed by atoms with Gasteiger partial charge in [0, 0.05) is 0 Å². The predicted molar refractivity (Wildman–Crippen MR) is 157 cm³/mol. The summed E-state index contributed by atoms with van der Waals surface area (Å²) < 4.78 is 23.8. The summed E-state index contributed by atoms with van der Waals surface area (Å²) in [6.07, 6.45) is 2.04. The Balaban J connectivity index is 3.30. The van der Waals surface area contributed by atoms with Crippen LogP contribution in [0.5, 0.6) is 5.75 Å². The molecule has 4 atom stereocenters. The molecule has 0 N–H and O–H groups in total. The fourth-order valence-electron chi connectivity index (χ4n) is 3.98. The maximum Gasteiger partial charge on any atom is 0.313 e. The van der Waals surface area contributed by atoms with Gasteiger partial charge in [-0.15, -0.1) is 6.58 Å². The van der Waals surface area contributed by atoms with Crippen LogP contribution in [0.3, 0.4) is 0 Å². The first-order valence-electron chi connectivity index (χ1n) is 13.7. The van der Waals surface area contributed by atoms with E-state index in [0.29, 0.717) is 6.61 Å². The lowest BCUT2D eigenvalue weighted by Gasteiger charge is -2.43.